The fourth-order valence-corrected chi connectivity index (χ4v) is 3.69. The van der Waals surface area contributed by atoms with Crippen LogP contribution in [0.3, 0.4) is 0 Å². The van der Waals surface area contributed by atoms with E-state index in [0.717, 1.165) is 25.7 Å². The number of rotatable bonds is 5. The summed E-state index contributed by atoms with van der Waals surface area (Å²) >= 11 is 0. The minimum absolute atomic E-state index is 0.0398. The SMILES string of the molecule is NCC1(CNS(=O)(=O)c2ccccc2)CCCC1. The molecule has 0 amide bonds. The van der Waals surface area contributed by atoms with Crippen LogP contribution in [0.4, 0.5) is 0 Å². The van der Waals surface area contributed by atoms with Gasteiger partial charge >= 0.3 is 0 Å². The fraction of sp³-hybridized carbons (Fsp3) is 0.538. The molecular weight excluding hydrogens is 248 g/mol. The van der Waals surface area contributed by atoms with Crippen LogP contribution in [-0.2, 0) is 10.0 Å². The number of sulfonamides is 1. The quantitative estimate of drug-likeness (QED) is 0.849. The van der Waals surface area contributed by atoms with Gasteiger partial charge in [0.05, 0.1) is 4.90 Å². The van der Waals surface area contributed by atoms with Gasteiger partial charge in [-0.2, -0.15) is 0 Å². The van der Waals surface area contributed by atoms with E-state index >= 15 is 0 Å². The van der Waals surface area contributed by atoms with Crippen LogP contribution < -0.4 is 10.5 Å². The van der Waals surface area contributed by atoms with Crippen LogP contribution in [0.25, 0.3) is 0 Å². The molecule has 100 valence electrons. The van der Waals surface area contributed by atoms with E-state index in [2.05, 4.69) is 4.72 Å². The van der Waals surface area contributed by atoms with Crippen LogP contribution in [0.2, 0.25) is 0 Å². The normalized spacial score (nSPS) is 18.9. The predicted molar refractivity (Wildman–Crippen MR) is 71.6 cm³/mol. The maximum Gasteiger partial charge on any atom is 0.240 e. The molecule has 0 bridgehead atoms. The van der Waals surface area contributed by atoms with E-state index in [9.17, 15) is 8.42 Å². The lowest BCUT2D eigenvalue weighted by atomic mass is 9.87. The second kappa shape index (κ2) is 5.38. The number of hydrogen-bond donors (Lipinski definition) is 2. The molecule has 0 radical (unpaired) electrons. The molecule has 0 aliphatic heterocycles. The third-order valence-corrected chi connectivity index (χ3v) is 5.21. The number of benzene rings is 1. The van der Waals surface area contributed by atoms with Crippen molar-refractivity contribution in [2.75, 3.05) is 13.1 Å². The van der Waals surface area contributed by atoms with Gasteiger partial charge in [0.15, 0.2) is 0 Å². The summed E-state index contributed by atoms with van der Waals surface area (Å²) in [5.74, 6) is 0. The molecule has 18 heavy (non-hydrogen) atoms. The van der Waals surface area contributed by atoms with E-state index in [-0.39, 0.29) is 5.41 Å². The number of nitrogens with two attached hydrogens (primary N) is 1. The molecule has 0 heterocycles. The van der Waals surface area contributed by atoms with E-state index in [0.29, 0.717) is 18.0 Å². The molecule has 0 atom stereocenters. The maximum atomic E-state index is 12.1. The van der Waals surface area contributed by atoms with Gasteiger partial charge in [-0.05, 0) is 36.9 Å². The first-order chi connectivity index (χ1) is 8.58. The number of nitrogens with one attached hydrogen (secondary N) is 1. The minimum atomic E-state index is -3.40. The zero-order chi connectivity index (χ0) is 13.1. The highest BCUT2D eigenvalue weighted by atomic mass is 32.2. The Morgan fingerprint density at radius 2 is 1.78 bits per heavy atom. The summed E-state index contributed by atoms with van der Waals surface area (Å²) in [5.41, 5.74) is 5.76. The second-order valence-electron chi connectivity index (χ2n) is 5.05. The molecule has 2 rings (SSSR count). The summed E-state index contributed by atoms with van der Waals surface area (Å²) in [4.78, 5) is 0.315. The first kappa shape index (κ1) is 13.5. The summed E-state index contributed by atoms with van der Waals surface area (Å²) in [6.07, 6.45) is 4.32. The number of hydrogen-bond acceptors (Lipinski definition) is 3. The van der Waals surface area contributed by atoms with E-state index in [4.69, 9.17) is 5.73 Å². The summed E-state index contributed by atoms with van der Waals surface area (Å²) in [5, 5.41) is 0. The van der Waals surface area contributed by atoms with Crippen molar-refractivity contribution in [1.29, 1.82) is 0 Å². The van der Waals surface area contributed by atoms with Gasteiger partial charge in [0.25, 0.3) is 0 Å². The monoisotopic (exact) mass is 268 g/mol. The average Bonchev–Trinajstić information content (AvgIpc) is 2.87. The largest absolute Gasteiger partial charge is 0.330 e. The van der Waals surface area contributed by atoms with Crippen molar-refractivity contribution in [3.8, 4) is 0 Å². The van der Waals surface area contributed by atoms with Gasteiger partial charge in [0, 0.05) is 6.54 Å². The van der Waals surface area contributed by atoms with E-state index in [1.54, 1.807) is 30.3 Å². The Morgan fingerprint density at radius 1 is 1.17 bits per heavy atom. The van der Waals surface area contributed by atoms with Crippen molar-refractivity contribution in [2.45, 2.75) is 30.6 Å². The Labute approximate surface area is 109 Å². The van der Waals surface area contributed by atoms with E-state index in [1.807, 2.05) is 0 Å². The molecule has 1 fully saturated rings. The van der Waals surface area contributed by atoms with Crippen LogP contribution in [-0.4, -0.2) is 21.5 Å². The Balaban J connectivity index is 2.06. The smallest absolute Gasteiger partial charge is 0.240 e. The molecule has 1 aliphatic carbocycles. The van der Waals surface area contributed by atoms with Crippen molar-refractivity contribution in [3.63, 3.8) is 0 Å². The maximum absolute atomic E-state index is 12.1. The Morgan fingerprint density at radius 3 is 2.33 bits per heavy atom. The molecule has 0 saturated heterocycles. The highest BCUT2D eigenvalue weighted by Crippen LogP contribution is 2.36. The molecule has 0 spiro atoms. The molecule has 1 aromatic carbocycles. The first-order valence-electron chi connectivity index (χ1n) is 6.33. The molecule has 1 aromatic rings. The van der Waals surface area contributed by atoms with Crippen molar-refractivity contribution in [3.05, 3.63) is 30.3 Å². The van der Waals surface area contributed by atoms with Crippen molar-refractivity contribution in [2.24, 2.45) is 11.1 Å². The fourth-order valence-electron chi connectivity index (χ4n) is 2.51. The average molecular weight is 268 g/mol. The lowest BCUT2D eigenvalue weighted by molar-refractivity contribution is 0.309. The lowest BCUT2D eigenvalue weighted by Crippen LogP contribution is -2.40. The second-order valence-corrected chi connectivity index (χ2v) is 6.82. The highest BCUT2D eigenvalue weighted by Gasteiger charge is 2.33. The minimum Gasteiger partial charge on any atom is -0.330 e. The molecule has 4 nitrogen and oxygen atoms in total. The molecule has 1 saturated carbocycles. The van der Waals surface area contributed by atoms with Crippen LogP contribution in [0.15, 0.2) is 35.2 Å². The highest BCUT2D eigenvalue weighted by molar-refractivity contribution is 7.89. The Kier molecular flexibility index (Phi) is 4.04. The molecule has 5 heteroatoms. The van der Waals surface area contributed by atoms with Gasteiger partial charge in [-0.3, -0.25) is 0 Å². The Hall–Kier alpha value is -0.910. The van der Waals surface area contributed by atoms with Crippen molar-refractivity contribution >= 4 is 10.0 Å². The van der Waals surface area contributed by atoms with Crippen molar-refractivity contribution in [1.82, 2.24) is 4.72 Å². The summed E-state index contributed by atoms with van der Waals surface area (Å²) in [6, 6.07) is 8.46. The Bertz CT molecular complexity index is 479. The lowest BCUT2D eigenvalue weighted by Gasteiger charge is -2.27. The zero-order valence-electron chi connectivity index (χ0n) is 10.4. The van der Waals surface area contributed by atoms with E-state index < -0.39 is 10.0 Å². The molecule has 3 N–H and O–H groups in total. The van der Waals surface area contributed by atoms with Crippen LogP contribution in [0.1, 0.15) is 25.7 Å². The zero-order valence-corrected chi connectivity index (χ0v) is 11.2. The van der Waals surface area contributed by atoms with Gasteiger partial charge in [-0.25, -0.2) is 13.1 Å². The van der Waals surface area contributed by atoms with Gasteiger partial charge in [-0.15, -0.1) is 0 Å². The van der Waals surface area contributed by atoms with Crippen molar-refractivity contribution < 1.29 is 8.42 Å². The molecule has 0 aromatic heterocycles. The van der Waals surface area contributed by atoms with Crippen LogP contribution in [0, 0.1) is 5.41 Å². The third-order valence-electron chi connectivity index (χ3n) is 3.79. The molecular formula is C13H20N2O2S. The van der Waals surface area contributed by atoms with Gasteiger partial charge < -0.3 is 5.73 Å². The summed E-state index contributed by atoms with van der Waals surface area (Å²) in [7, 11) is -3.40. The van der Waals surface area contributed by atoms with Crippen LogP contribution in [0.5, 0.6) is 0 Å². The summed E-state index contributed by atoms with van der Waals surface area (Å²) < 4.78 is 26.9. The van der Waals surface area contributed by atoms with Gasteiger partial charge in [0.2, 0.25) is 10.0 Å². The topological polar surface area (TPSA) is 72.2 Å². The van der Waals surface area contributed by atoms with E-state index in [1.165, 1.54) is 0 Å². The van der Waals surface area contributed by atoms with Gasteiger partial charge in [-0.1, -0.05) is 31.0 Å². The van der Waals surface area contributed by atoms with Gasteiger partial charge in [0.1, 0.15) is 0 Å². The van der Waals surface area contributed by atoms with Crippen LogP contribution >= 0.6 is 0 Å². The first-order valence-corrected chi connectivity index (χ1v) is 7.81. The standard InChI is InChI=1S/C13H20N2O2S/c14-10-13(8-4-5-9-13)11-15-18(16,17)12-6-2-1-3-7-12/h1-3,6-7,15H,4-5,8-11,14H2. The molecule has 0 unspecified atom stereocenters. The summed E-state index contributed by atoms with van der Waals surface area (Å²) in [6.45, 7) is 0.991. The predicted octanol–water partition coefficient (Wildman–Crippen LogP) is 1.48. The molecule has 1 aliphatic rings. The third kappa shape index (κ3) is 2.91.